The van der Waals surface area contributed by atoms with E-state index in [9.17, 15) is 5.11 Å². The molecule has 0 aliphatic carbocycles. The number of aliphatic hydroxyl groups is 1. The molecular weight excluding hydrogens is 457 g/mol. The average molecular weight is 485 g/mol. The van der Waals surface area contributed by atoms with E-state index in [1.807, 2.05) is 48.2 Å². The van der Waals surface area contributed by atoms with E-state index in [-0.39, 0.29) is 36.5 Å². The van der Waals surface area contributed by atoms with E-state index >= 15 is 0 Å². The van der Waals surface area contributed by atoms with Crippen LogP contribution in [-0.4, -0.2) is 43.1 Å². The summed E-state index contributed by atoms with van der Waals surface area (Å²) in [5.74, 6) is 0.811. The first-order chi connectivity index (χ1) is 12.2. The lowest BCUT2D eigenvalue weighted by atomic mass is 10.0. The molecule has 4 nitrogen and oxygen atoms in total. The molecule has 0 spiro atoms. The molecule has 0 saturated carbocycles. The number of aliphatic imine (C=N–C) groups is 1. The summed E-state index contributed by atoms with van der Waals surface area (Å²) in [6.45, 7) is 3.75. The third kappa shape index (κ3) is 7.97. The molecule has 0 radical (unpaired) electrons. The van der Waals surface area contributed by atoms with Crippen molar-refractivity contribution in [3.8, 4) is 0 Å². The van der Waals surface area contributed by atoms with Crippen molar-refractivity contribution in [1.82, 2.24) is 10.6 Å². The van der Waals surface area contributed by atoms with Crippen LogP contribution in [0.25, 0.3) is 0 Å². The third-order valence-electron chi connectivity index (χ3n) is 3.87. The zero-order chi connectivity index (χ0) is 17.9. The number of benzene rings is 2. The summed E-state index contributed by atoms with van der Waals surface area (Å²) in [5.41, 5.74) is 1.13. The Hall–Kier alpha value is -1.25. The van der Waals surface area contributed by atoms with Crippen LogP contribution < -0.4 is 10.6 Å². The predicted octanol–water partition coefficient (Wildman–Crippen LogP) is 3.73. The maximum atomic E-state index is 9.64. The summed E-state index contributed by atoms with van der Waals surface area (Å²) in [4.78, 5) is 5.54. The molecule has 26 heavy (non-hydrogen) atoms. The van der Waals surface area contributed by atoms with Crippen molar-refractivity contribution in [1.29, 1.82) is 0 Å². The summed E-state index contributed by atoms with van der Waals surface area (Å²) in [7, 11) is 1.76. The van der Waals surface area contributed by atoms with Crippen LogP contribution >= 0.6 is 35.7 Å². The van der Waals surface area contributed by atoms with Gasteiger partial charge < -0.3 is 15.7 Å². The monoisotopic (exact) mass is 485 g/mol. The fraction of sp³-hybridized carbons (Fsp3) is 0.350. The van der Waals surface area contributed by atoms with Crippen molar-refractivity contribution in [2.75, 3.05) is 26.7 Å². The Morgan fingerprint density at radius 3 is 2.15 bits per heavy atom. The van der Waals surface area contributed by atoms with Crippen LogP contribution in [-0.2, 0) is 0 Å². The van der Waals surface area contributed by atoms with Gasteiger partial charge in [0.1, 0.15) is 0 Å². The molecule has 0 amide bonds. The summed E-state index contributed by atoms with van der Waals surface area (Å²) < 4.78 is 0. The smallest absolute Gasteiger partial charge is 0.191 e. The molecule has 0 heterocycles. The zero-order valence-corrected chi connectivity index (χ0v) is 18.4. The number of halogens is 1. The third-order valence-corrected chi connectivity index (χ3v) is 4.98. The summed E-state index contributed by atoms with van der Waals surface area (Å²) >= 11 is 1.84. The van der Waals surface area contributed by atoms with Gasteiger partial charge in [0, 0.05) is 36.2 Å². The molecule has 0 aliphatic heterocycles. The molecule has 2 aromatic carbocycles. The number of nitrogens with one attached hydrogen (secondary N) is 2. The molecule has 2 aromatic rings. The quantitative estimate of drug-likeness (QED) is 0.231. The molecular formula is C20H28IN3OS. The number of hydrogen-bond donors (Lipinski definition) is 3. The lowest BCUT2D eigenvalue weighted by Gasteiger charge is -2.19. The van der Waals surface area contributed by atoms with Gasteiger partial charge in [-0.3, -0.25) is 4.99 Å². The SMILES string of the molecule is CN=C(NCC(C)Sc1ccccc1)NCC(CO)c1ccccc1.I. The summed E-state index contributed by atoms with van der Waals surface area (Å²) in [6, 6.07) is 20.4. The second-order valence-corrected chi connectivity index (χ2v) is 7.38. The minimum Gasteiger partial charge on any atom is -0.396 e. The van der Waals surface area contributed by atoms with Crippen LogP contribution in [0.1, 0.15) is 18.4 Å². The average Bonchev–Trinajstić information content (AvgIpc) is 2.66. The van der Waals surface area contributed by atoms with Gasteiger partial charge in [-0.2, -0.15) is 0 Å². The van der Waals surface area contributed by atoms with Gasteiger partial charge in [-0.1, -0.05) is 55.5 Å². The largest absolute Gasteiger partial charge is 0.396 e. The fourth-order valence-corrected chi connectivity index (χ4v) is 3.41. The van der Waals surface area contributed by atoms with Crippen LogP contribution in [0.3, 0.4) is 0 Å². The van der Waals surface area contributed by atoms with E-state index in [4.69, 9.17) is 0 Å². The first-order valence-corrected chi connectivity index (χ1v) is 9.43. The predicted molar refractivity (Wildman–Crippen MR) is 123 cm³/mol. The van der Waals surface area contributed by atoms with Gasteiger partial charge in [-0.15, -0.1) is 35.7 Å². The minimum atomic E-state index is 0. The van der Waals surface area contributed by atoms with Gasteiger partial charge in [-0.05, 0) is 17.7 Å². The Bertz CT molecular complexity index is 640. The van der Waals surface area contributed by atoms with Gasteiger partial charge in [0.25, 0.3) is 0 Å². The Kier molecular flexibility index (Phi) is 11.4. The molecule has 0 aromatic heterocycles. The van der Waals surface area contributed by atoms with Crippen LogP contribution in [0.4, 0.5) is 0 Å². The van der Waals surface area contributed by atoms with Gasteiger partial charge in [0.15, 0.2) is 5.96 Å². The topological polar surface area (TPSA) is 56.7 Å². The van der Waals surface area contributed by atoms with Crippen LogP contribution in [0.2, 0.25) is 0 Å². The molecule has 0 saturated heterocycles. The molecule has 142 valence electrons. The van der Waals surface area contributed by atoms with E-state index in [2.05, 4.69) is 46.8 Å². The number of nitrogens with zero attached hydrogens (tertiary/aromatic N) is 1. The number of thioether (sulfide) groups is 1. The molecule has 2 rings (SSSR count). The molecule has 0 aliphatic rings. The highest BCUT2D eigenvalue weighted by Gasteiger charge is 2.11. The first kappa shape index (κ1) is 22.8. The molecule has 6 heteroatoms. The number of guanidine groups is 1. The van der Waals surface area contributed by atoms with Crippen LogP contribution in [0.5, 0.6) is 0 Å². The molecule has 2 unspecified atom stereocenters. The van der Waals surface area contributed by atoms with Crippen molar-refractivity contribution >= 4 is 41.7 Å². The molecule has 3 N–H and O–H groups in total. The fourth-order valence-electron chi connectivity index (χ4n) is 2.47. The van der Waals surface area contributed by atoms with Crippen molar-refractivity contribution in [3.63, 3.8) is 0 Å². The highest BCUT2D eigenvalue weighted by atomic mass is 127. The maximum Gasteiger partial charge on any atom is 0.191 e. The standard InChI is InChI=1S/C20H27N3OS.HI/c1-16(25-19-11-7-4-8-12-19)13-22-20(21-2)23-14-18(15-24)17-9-5-3-6-10-17;/h3-12,16,18,24H,13-15H2,1-2H3,(H2,21,22,23);1H. The maximum absolute atomic E-state index is 9.64. The lowest BCUT2D eigenvalue weighted by molar-refractivity contribution is 0.265. The minimum absolute atomic E-state index is 0. The Balaban J connectivity index is 0.00000338. The summed E-state index contributed by atoms with van der Waals surface area (Å²) in [6.07, 6.45) is 0. The highest BCUT2D eigenvalue weighted by molar-refractivity contribution is 14.0. The molecule has 2 atom stereocenters. The summed E-state index contributed by atoms with van der Waals surface area (Å²) in [5, 5.41) is 16.7. The highest BCUT2D eigenvalue weighted by Crippen LogP contribution is 2.21. The second-order valence-electron chi connectivity index (χ2n) is 5.87. The Labute approximate surface area is 177 Å². The van der Waals surface area contributed by atoms with E-state index in [1.165, 1.54) is 4.90 Å². The Morgan fingerprint density at radius 2 is 1.58 bits per heavy atom. The van der Waals surface area contributed by atoms with E-state index in [1.54, 1.807) is 7.05 Å². The first-order valence-electron chi connectivity index (χ1n) is 8.55. The van der Waals surface area contributed by atoms with Gasteiger partial charge in [-0.25, -0.2) is 0 Å². The zero-order valence-electron chi connectivity index (χ0n) is 15.3. The Morgan fingerprint density at radius 1 is 1.00 bits per heavy atom. The number of aliphatic hydroxyl groups excluding tert-OH is 1. The second kappa shape index (κ2) is 13.0. The van der Waals surface area contributed by atoms with Crippen molar-refractivity contribution in [2.24, 2.45) is 4.99 Å². The normalized spacial score (nSPS) is 13.4. The van der Waals surface area contributed by atoms with E-state index < -0.39 is 0 Å². The number of rotatable bonds is 8. The van der Waals surface area contributed by atoms with E-state index in [0.29, 0.717) is 11.8 Å². The van der Waals surface area contributed by atoms with Gasteiger partial charge in [0.2, 0.25) is 0 Å². The van der Waals surface area contributed by atoms with Gasteiger partial charge in [0.05, 0.1) is 6.61 Å². The van der Waals surface area contributed by atoms with E-state index in [0.717, 1.165) is 18.1 Å². The molecule has 0 fully saturated rings. The van der Waals surface area contributed by atoms with Crippen LogP contribution in [0.15, 0.2) is 70.6 Å². The van der Waals surface area contributed by atoms with Crippen molar-refractivity contribution in [3.05, 3.63) is 66.2 Å². The molecule has 0 bridgehead atoms. The van der Waals surface area contributed by atoms with Gasteiger partial charge >= 0.3 is 0 Å². The van der Waals surface area contributed by atoms with Crippen molar-refractivity contribution < 1.29 is 5.11 Å². The number of hydrogen-bond acceptors (Lipinski definition) is 3. The lowest BCUT2D eigenvalue weighted by Crippen LogP contribution is -2.42. The van der Waals surface area contributed by atoms with Crippen LogP contribution in [0, 0.1) is 0 Å². The van der Waals surface area contributed by atoms with Crippen molar-refractivity contribution in [2.45, 2.75) is 23.0 Å².